The van der Waals surface area contributed by atoms with Gasteiger partial charge in [-0.05, 0) is 41.0 Å². The molecule has 0 saturated heterocycles. The molecule has 1 aliphatic rings. The number of benzene rings is 2. The van der Waals surface area contributed by atoms with Crippen molar-refractivity contribution in [3.05, 3.63) is 121 Å². The van der Waals surface area contributed by atoms with E-state index in [0.29, 0.717) is 28.2 Å². The first kappa shape index (κ1) is 24.5. The van der Waals surface area contributed by atoms with Gasteiger partial charge in [-0.1, -0.05) is 69.3 Å². The number of hydrogen-bond donors (Lipinski definition) is 2. The topological polar surface area (TPSA) is 126 Å². The van der Waals surface area contributed by atoms with E-state index in [0.717, 1.165) is 0 Å². The second-order valence-corrected chi connectivity index (χ2v) is 11.9. The highest BCUT2D eigenvalue weighted by Crippen LogP contribution is 2.42. The zero-order valence-corrected chi connectivity index (χ0v) is 21.3. The summed E-state index contributed by atoms with van der Waals surface area (Å²) in [6.45, 7) is 5.86. The molecule has 0 fully saturated rings. The van der Waals surface area contributed by atoms with Crippen molar-refractivity contribution in [2.75, 3.05) is 0 Å². The first-order valence-electron chi connectivity index (χ1n) is 11.7. The highest BCUT2D eigenvalue weighted by molar-refractivity contribution is 7.91. The van der Waals surface area contributed by atoms with Gasteiger partial charge in [0.15, 0.2) is 16.2 Å². The first-order chi connectivity index (χ1) is 17.6. The van der Waals surface area contributed by atoms with Crippen LogP contribution < -0.4 is 21.8 Å². The largest absolute Gasteiger partial charge is 0.447 e. The summed E-state index contributed by atoms with van der Waals surface area (Å²) in [6, 6.07) is 15.4. The van der Waals surface area contributed by atoms with Gasteiger partial charge in [0, 0.05) is 5.41 Å². The lowest BCUT2D eigenvalue weighted by Gasteiger charge is -2.14. The van der Waals surface area contributed by atoms with E-state index in [2.05, 4.69) is 15.0 Å². The molecule has 2 aromatic carbocycles. The van der Waals surface area contributed by atoms with Crippen molar-refractivity contribution in [3.8, 4) is 0 Å². The molecular weight excluding hydrogens is 490 g/mol. The van der Waals surface area contributed by atoms with E-state index in [9.17, 15) is 18.0 Å². The van der Waals surface area contributed by atoms with Crippen LogP contribution in [0.2, 0.25) is 0 Å². The normalized spacial score (nSPS) is 16.6. The molecule has 0 aliphatic heterocycles. The van der Waals surface area contributed by atoms with Crippen molar-refractivity contribution in [2.24, 2.45) is 0 Å². The molecule has 8 nitrogen and oxygen atoms in total. The predicted molar refractivity (Wildman–Crippen MR) is 141 cm³/mol. The van der Waals surface area contributed by atoms with Crippen LogP contribution in [0.25, 0.3) is 17.7 Å². The van der Waals surface area contributed by atoms with Crippen LogP contribution >= 0.6 is 0 Å². The fourth-order valence-electron chi connectivity index (χ4n) is 4.40. The van der Waals surface area contributed by atoms with Gasteiger partial charge in [0.1, 0.15) is 27.4 Å². The average molecular weight is 516 g/mol. The quantitative estimate of drug-likeness (QED) is 0.430. The molecule has 0 saturated carbocycles. The van der Waals surface area contributed by atoms with E-state index < -0.39 is 26.2 Å². The van der Waals surface area contributed by atoms with Gasteiger partial charge < -0.3 is 14.4 Å². The number of rotatable bonds is 4. The standard InChI is InChI=1S/C28H25N3O5S/c1-28(2,3)25-21(29-16-36-25)15-23-27(33)30-22(26(32)31-23)13-17-14-24(20-12-8-7-11-19(17)20)37(34,35)18-9-5-4-6-10-18/h4-16,24H,1-3H3,(H,30,33)(H,31,32)/b22-13-,23-15-. The predicted octanol–water partition coefficient (Wildman–Crippen LogP) is 2.57. The zero-order chi connectivity index (χ0) is 26.4. The summed E-state index contributed by atoms with van der Waals surface area (Å²) in [7, 11) is -3.72. The van der Waals surface area contributed by atoms with E-state index >= 15 is 0 Å². The maximum Gasteiger partial charge on any atom is 0.272 e. The monoisotopic (exact) mass is 515 g/mol. The van der Waals surface area contributed by atoms with Gasteiger partial charge in [-0.3, -0.25) is 9.59 Å². The number of nitrogens with zero attached hydrogens (tertiary/aromatic N) is 1. The summed E-state index contributed by atoms with van der Waals surface area (Å²) in [5, 5.41) is -0.872. The Morgan fingerprint density at radius 1 is 0.892 bits per heavy atom. The van der Waals surface area contributed by atoms with Gasteiger partial charge in [0.25, 0.3) is 11.1 Å². The minimum Gasteiger partial charge on any atom is -0.447 e. The van der Waals surface area contributed by atoms with E-state index in [-0.39, 0.29) is 21.0 Å². The molecule has 4 aromatic rings. The van der Waals surface area contributed by atoms with Gasteiger partial charge in [-0.15, -0.1) is 0 Å². The van der Waals surface area contributed by atoms with Crippen LogP contribution in [0.1, 0.15) is 48.6 Å². The molecule has 0 radical (unpaired) electrons. The maximum atomic E-state index is 13.4. The number of fused-ring (bicyclic) bond motifs is 1. The van der Waals surface area contributed by atoms with E-state index in [1.807, 2.05) is 20.8 Å². The Labute approximate surface area is 212 Å². The van der Waals surface area contributed by atoms with Gasteiger partial charge in [0.05, 0.1) is 4.90 Å². The Kier molecular flexibility index (Phi) is 5.95. The van der Waals surface area contributed by atoms with E-state index in [1.165, 1.54) is 18.5 Å². The minimum atomic E-state index is -3.72. The number of H-pyrrole nitrogens is 2. The number of aromatic amines is 2. The SMILES string of the molecule is CC(C)(C)c1ocnc1/C=c1\[nH]c(=O)/c(=C/C2=CC(S(=O)(=O)c3ccccc3)c3ccccc32)[nH]c1=O. The van der Waals surface area contributed by atoms with Crippen molar-refractivity contribution < 1.29 is 12.8 Å². The molecule has 9 heteroatoms. The Hall–Kier alpha value is -4.24. The number of oxazole rings is 1. The molecule has 1 unspecified atom stereocenters. The van der Waals surface area contributed by atoms with Crippen LogP contribution in [0.5, 0.6) is 0 Å². The zero-order valence-electron chi connectivity index (χ0n) is 20.5. The fraction of sp³-hybridized carbons (Fsp3) is 0.179. The van der Waals surface area contributed by atoms with Crippen molar-refractivity contribution in [1.29, 1.82) is 0 Å². The van der Waals surface area contributed by atoms with E-state index in [1.54, 1.807) is 60.7 Å². The highest BCUT2D eigenvalue weighted by atomic mass is 32.2. The third-order valence-electron chi connectivity index (χ3n) is 6.16. The Morgan fingerprint density at radius 3 is 2.19 bits per heavy atom. The molecule has 0 amide bonds. The van der Waals surface area contributed by atoms with Crippen molar-refractivity contribution >= 4 is 27.6 Å². The lowest BCUT2D eigenvalue weighted by Crippen LogP contribution is -2.46. The van der Waals surface area contributed by atoms with Gasteiger partial charge in [0.2, 0.25) is 0 Å². The van der Waals surface area contributed by atoms with Crippen LogP contribution in [0.15, 0.2) is 86.0 Å². The van der Waals surface area contributed by atoms with Crippen LogP contribution in [0.3, 0.4) is 0 Å². The third-order valence-corrected chi connectivity index (χ3v) is 8.15. The summed E-state index contributed by atoms with van der Waals surface area (Å²) in [6.07, 6.45) is 5.88. The van der Waals surface area contributed by atoms with Crippen LogP contribution in [-0.4, -0.2) is 23.4 Å². The third kappa shape index (κ3) is 4.53. The van der Waals surface area contributed by atoms with Crippen LogP contribution in [0.4, 0.5) is 0 Å². The second kappa shape index (κ2) is 9.01. The first-order valence-corrected chi connectivity index (χ1v) is 13.2. The van der Waals surface area contributed by atoms with E-state index in [4.69, 9.17) is 4.42 Å². The summed E-state index contributed by atoms with van der Waals surface area (Å²) in [5.41, 5.74) is 0.884. The molecule has 0 bridgehead atoms. The van der Waals surface area contributed by atoms with Gasteiger partial charge in [-0.25, -0.2) is 13.4 Å². The summed E-state index contributed by atoms with van der Waals surface area (Å²) >= 11 is 0. The summed E-state index contributed by atoms with van der Waals surface area (Å²) < 4.78 is 32.3. The summed E-state index contributed by atoms with van der Waals surface area (Å²) in [5.74, 6) is 0.585. The fourth-order valence-corrected chi connectivity index (χ4v) is 6.09. The van der Waals surface area contributed by atoms with Crippen LogP contribution in [-0.2, 0) is 15.3 Å². The Bertz CT molecular complexity index is 1870. The number of aromatic nitrogens is 3. The molecule has 1 aliphatic carbocycles. The smallest absolute Gasteiger partial charge is 0.272 e. The van der Waals surface area contributed by atoms with Crippen LogP contribution in [0, 0.1) is 0 Å². The van der Waals surface area contributed by atoms with Gasteiger partial charge >= 0.3 is 0 Å². The maximum absolute atomic E-state index is 13.4. The number of sulfone groups is 1. The Balaban J connectivity index is 1.62. The number of hydrogen-bond acceptors (Lipinski definition) is 6. The molecule has 2 aromatic heterocycles. The second-order valence-electron chi connectivity index (χ2n) is 9.83. The lowest BCUT2D eigenvalue weighted by molar-refractivity contribution is 0.407. The number of allylic oxidation sites excluding steroid dienone is 1. The van der Waals surface area contributed by atoms with Crippen molar-refractivity contribution in [2.45, 2.75) is 36.3 Å². The molecule has 2 N–H and O–H groups in total. The average Bonchev–Trinajstić information content (AvgIpc) is 3.48. The summed E-state index contributed by atoms with van der Waals surface area (Å²) in [4.78, 5) is 35.4. The molecule has 188 valence electrons. The highest BCUT2D eigenvalue weighted by Gasteiger charge is 2.33. The molecule has 37 heavy (non-hydrogen) atoms. The molecule has 0 spiro atoms. The van der Waals surface area contributed by atoms with Crippen molar-refractivity contribution in [3.63, 3.8) is 0 Å². The lowest BCUT2D eigenvalue weighted by atomic mass is 9.92. The molecule has 2 heterocycles. The molecular formula is C28H25N3O5S. The Morgan fingerprint density at radius 2 is 1.51 bits per heavy atom. The van der Waals surface area contributed by atoms with Crippen molar-refractivity contribution in [1.82, 2.24) is 15.0 Å². The van der Waals surface area contributed by atoms with Gasteiger partial charge in [-0.2, -0.15) is 0 Å². The minimum absolute atomic E-state index is 0.0113. The molecule has 5 rings (SSSR count). The molecule has 1 atom stereocenters. The number of nitrogens with one attached hydrogen (secondary N) is 2.